The Morgan fingerprint density at radius 1 is 1.35 bits per heavy atom. The van der Waals surface area contributed by atoms with E-state index in [0.717, 1.165) is 23.1 Å². The van der Waals surface area contributed by atoms with E-state index in [1.54, 1.807) is 0 Å². The van der Waals surface area contributed by atoms with E-state index < -0.39 is 0 Å². The van der Waals surface area contributed by atoms with Crippen LogP contribution in [0.3, 0.4) is 0 Å². The molecule has 1 rings (SSSR count). The Labute approximate surface area is 112 Å². The quantitative estimate of drug-likeness (QED) is 0.892. The highest BCUT2D eigenvalue weighted by atomic mass is 79.9. The summed E-state index contributed by atoms with van der Waals surface area (Å²) in [5, 5.41) is 12.4. The predicted octanol–water partition coefficient (Wildman–Crippen LogP) is 4.42. The van der Waals surface area contributed by atoms with E-state index in [2.05, 4.69) is 53.3 Å². The maximum atomic E-state index is 8.95. The average molecular weight is 295 g/mol. The molecule has 3 heteroatoms. The van der Waals surface area contributed by atoms with E-state index in [-0.39, 0.29) is 5.41 Å². The van der Waals surface area contributed by atoms with Gasteiger partial charge < -0.3 is 5.32 Å². The highest BCUT2D eigenvalue weighted by molar-refractivity contribution is 9.10. The lowest BCUT2D eigenvalue weighted by molar-refractivity contribution is 0.466. The van der Waals surface area contributed by atoms with Gasteiger partial charge in [-0.15, -0.1) is 0 Å². The fourth-order valence-corrected chi connectivity index (χ4v) is 2.51. The molecule has 0 atom stereocenters. The maximum Gasteiger partial charge on any atom is 0.0684 e. The van der Waals surface area contributed by atoms with Crippen LogP contribution in [0.15, 0.2) is 16.6 Å². The standard InChI is InChI=1S/C14H19BrN2/c1-10-7-11(2)13(12(15)8-10)17-6-5-14(3,4)9-16/h7-8,17H,5-6H2,1-4H3. The van der Waals surface area contributed by atoms with Crippen molar-refractivity contribution in [2.24, 2.45) is 5.41 Å². The lowest BCUT2D eigenvalue weighted by Gasteiger charge is -2.17. The van der Waals surface area contributed by atoms with Crippen molar-refractivity contribution in [1.29, 1.82) is 5.26 Å². The summed E-state index contributed by atoms with van der Waals surface area (Å²) in [6, 6.07) is 6.57. The number of nitrogens with one attached hydrogen (secondary N) is 1. The van der Waals surface area contributed by atoms with Crippen LogP contribution in [-0.2, 0) is 0 Å². The van der Waals surface area contributed by atoms with Gasteiger partial charge in [0.15, 0.2) is 0 Å². The molecule has 0 aliphatic carbocycles. The number of benzene rings is 1. The first-order chi connectivity index (χ1) is 7.85. The van der Waals surface area contributed by atoms with Gasteiger partial charge in [-0.25, -0.2) is 0 Å². The van der Waals surface area contributed by atoms with Crippen molar-refractivity contribution in [3.8, 4) is 6.07 Å². The van der Waals surface area contributed by atoms with Crippen LogP contribution >= 0.6 is 15.9 Å². The molecule has 1 N–H and O–H groups in total. The third-order valence-corrected chi connectivity index (χ3v) is 3.41. The summed E-state index contributed by atoms with van der Waals surface area (Å²) in [6.07, 6.45) is 0.837. The third kappa shape index (κ3) is 4.05. The smallest absolute Gasteiger partial charge is 0.0684 e. The predicted molar refractivity (Wildman–Crippen MR) is 76.1 cm³/mol. The molecule has 0 radical (unpaired) electrons. The fourth-order valence-electron chi connectivity index (χ4n) is 1.70. The minimum atomic E-state index is -0.266. The molecular weight excluding hydrogens is 276 g/mol. The number of halogens is 1. The number of hydrogen-bond donors (Lipinski definition) is 1. The van der Waals surface area contributed by atoms with Crippen molar-refractivity contribution in [3.63, 3.8) is 0 Å². The maximum absolute atomic E-state index is 8.95. The van der Waals surface area contributed by atoms with Gasteiger partial charge in [0, 0.05) is 11.0 Å². The highest BCUT2D eigenvalue weighted by Crippen LogP contribution is 2.28. The Kier molecular flexibility index (Phi) is 4.59. The number of nitriles is 1. The SMILES string of the molecule is Cc1cc(C)c(NCCC(C)(C)C#N)c(Br)c1. The van der Waals surface area contributed by atoms with Gasteiger partial charge in [0.2, 0.25) is 0 Å². The molecule has 1 aromatic rings. The molecule has 0 heterocycles. The molecule has 0 bridgehead atoms. The molecular formula is C14H19BrN2. The first-order valence-corrected chi connectivity index (χ1v) is 6.57. The second-order valence-corrected chi connectivity index (χ2v) is 5.97. The van der Waals surface area contributed by atoms with Crippen LogP contribution < -0.4 is 5.32 Å². The monoisotopic (exact) mass is 294 g/mol. The zero-order valence-corrected chi connectivity index (χ0v) is 12.5. The van der Waals surface area contributed by atoms with Crippen LogP contribution in [0.1, 0.15) is 31.4 Å². The van der Waals surface area contributed by atoms with E-state index in [1.807, 2.05) is 13.8 Å². The molecule has 0 amide bonds. The molecule has 0 aliphatic heterocycles. The van der Waals surface area contributed by atoms with Crippen molar-refractivity contribution in [1.82, 2.24) is 0 Å². The van der Waals surface area contributed by atoms with Gasteiger partial charge in [0.25, 0.3) is 0 Å². The van der Waals surface area contributed by atoms with Gasteiger partial charge in [0.1, 0.15) is 0 Å². The van der Waals surface area contributed by atoms with Gasteiger partial charge in [-0.05, 0) is 67.2 Å². The Morgan fingerprint density at radius 3 is 2.53 bits per heavy atom. The summed E-state index contributed by atoms with van der Waals surface area (Å²) in [6.45, 7) is 8.91. The number of aryl methyl sites for hydroxylation is 2. The zero-order chi connectivity index (χ0) is 13.1. The number of hydrogen-bond acceptors (Lipinski definition) is 2. The molecule has 1 aromatic carbocycles. The fraction of sp³-hybridized carbons (Fsp3) is 0.500. The van der Waals surface area contributed by atoms with Crippen molar-refractivity contribution in [2.75, 3.05) is 11.9 Å². The first-order valence-electron chi connectivity index (χ1n) is 5.77. The molecule has 0 fully saturated rings. The second-order valence-electron chi connectivity index (χ2n) is 5.11. The highest BCUT2D eigenvalue weighted by Gasteiger charge is 2.16. The molecule has 0 saturated heterocycles. The van der Waals surface area contributed by atoms with Crippen LogP contribution in [0.4, 0.5) is 5.69 Å². The number of anilines is 1. The summed E-state index contributed by atoms with van der Waals surface area (Å²) in [7, 11) is 0. The number of rotatable bonds is 4. The Bertz CT molecular complexity index is 421. The third-order valence-electron chi connectivity index (χ3n) is 2.79. The summed E-state index contributed by atoms with van der Waals surface area (Å²) < 4.78 is 1.09. The van der Waals surface area contributed by atoms with E-state index in [9.17, 15) is 0 Å². The van der Waals surface area contributed by atoms with Gasteiger partial charge >= 0.3 is 0 Å². The molecule has 17 heavy (non-hydrogen) atoms. The van der Waals surface area contributed by atoms with Crippen molar-refractivity contribution in [2.45, 2.75) is 34.1 Å². The summed E-state index contributed by atoms with van der Waals surface area (Å²) in [5.74, 6) is 0. The summed E-state index contributed by atoms with van der Waals surface area (Å²) in [4.78, 5) is 0. The number of nitrogens with zero attached hydrogens (tertiary/aromatic N) is 1. The van der Waals surface area contributed by atoms with Crippen molar-refractivity contribution in [3.05, 3.63) is 27.7 Å². The van der Waals surface area contributed by atoms with E-state index in [0.29, 0.717) is 0 Å². The van der Waals surface area contributed by atoms with Crippen LogP contribution in [0.2, 0.25) is 0 Å². The van der Waals surface area contributed by atoms with Crippen LogP contribution in [0.5, 0.6) is 0 Å². The topological polar surface area (TPSA) is 35.8 Å². The largest absolute Gasteiger partial charge is 0.384 e. The minimum absolute atomic E-state index is 0.266. The minimum Gasteiger partial charge on any atom is -0.384 e. The normalized spacial score (nSPS) is 11.1. The van der Waals surface area contributed by atoms with Crippen molar-refractivity contribution >= 4 is 21.6 Å². The van der Waals surface area contributed by atoms with E-state index >= 15 is 0 Å². The van der Waals surface area contributed by atoms with Crippen LogP contribution in [0, 0.1) is 30.6 Å². The molecule has 2 nitrogen and oxygen atoms in total. The van der Waals surface area contributed by atoms with Crippen LogP contribution in [-0.4, -0.2) is 6.54 Å². The lowest BCUT2D eigenvalue weighted by Crippen LogP contribution is -2.15. The van der Waals surface area contributed by atoms with Gasteiger partial charge in [-0.1, -0.05) is 6.07 Å². The van der Waals surface area contributed by atoms with E-state index in [1.165, 1.54) is 11.1 Å². The molecule has 92 valence electrons. The molecule has 0 unspecified atom stereocenters. The van der Waals surface area contributed by atoms with Gasteiger partial charge in [-0.3, -0.25) is 0 Å². The average Bonchev–Trinajstić information content (AvgIpc) is 2.22. The molecule has 0 aliphatic rings. The van der Waals surface area contributed by atoms with Crippen molar-refractivity contribution < 1.29 is 0 Å². The van der Waals surface area contributed by atoms with Gasteiger partial charge in [0.05, 0.1) is 17.2 Å². The molecule has 0 spiro atoms. The Balaban J connectivity index is 2.68. The Hall–Kier alpha value is -1.01. The Morgan fingerprint density at radius 2 is 2.00 bits per heavy atom. The second kappa shape index (κ2) is 5.55. The van der Waals surface area contributed by atoms with E-state index in [4.69, 9.17) is 5.26 Å². The summed E-state index contributed by atoms with van der Waals surface area (Å²) in [5.41, 5.74) is 3.34. The molecule has 0 aromatic heterocycles. The lowest BCUT2D eigenvalue weighted by atomic mass is 9.91. The van der Waals surface area contributed by atoms with Gasteiger partial charge in [-0.2, -0.15) is 5.26 Å². The summed E-state index contributed by atoms with van der Waals surface area (Å²) >= 11 is 3.57. The zero-order valence-electron chi connectivity index (χ0n) is 10.9. The first kappa shape index (κ1) is 14.1. The molecule has 0 saturated carbocycles. The van der Waals surface area contributed by atoms with Crippen LogP contribution in [0.25, 0.3) is 0 Å².